The average Bonchev–Trinajstić information content (AvgIpc) is 2.74. The molecule has 0 fully saturated rings. The van der Waals surface area contributed by atoms with Crippen LogP contribution in [0.3, 0.4) is 0 Å². The van der Waals surface area contributed by atoms with Gasteiger partial charge in [-0.25, -0.2) is 4.79 Å². The molecule has 0 bridgehead atoms. The number of aromatic amines is 1. The maximum atomic E-state index is 11.1. The first kappa shape index (κ1) is 13.5. The lowest BCUT2D eigenvalue weighted by Gasteiger charge is -2.18. The van der Waals surface area contributed by atoms with Gasteiger partial charge in [-0.15, -0.1) is 0 Å². The van der Waals surface area contributed by atoms with E-state index in [0.29, 0.717) is 16.8 Å². The number of nitrogens with one attached hydrogen (secondary N) is 2. The highest BCUT2D eigenvalue weighted by Gasteiger charge is 2.06. The van der Waals surface area contributed by atoms with Crippen molar-refractivity contribution in [2.45, 2.75) is 13.8 Å². The summed E-state index contributed by atoms with van der Waals surface area (Å²) in [5.74, 6) is -0.463. The minimum atomic E-state index is -0.463. The molecular formula is C13H20N4O2. The number of hydrogen-bond donors (Lipinski definition) is 3. The largest absolute Gasteiger partial charge is 0.417 e. The van der Waals surface area contributed by atoms with Gasteiger partial charge in [0.05, 0.1) is 16.9 Å². The molecule has 6 nitrogen and oxygen atoms in total. The van der Waals surface area contributed by atoms with Gasteiger partial charge < -0.3 is 20.4 Å². The van der Waals surface area contributed by atoms with Crippen molar-refractivity contribution in [3.63, 3.8) is 0 Å². The van der Waals surface area contributed by atoms with E-state index in [9.17, 15) is 4.79 Å². The summed E-state index contributed by atoms with van der Waals surface area (Å²) < 4.78 is 4.95. The predicted molar refractivity (Wildman–Crippen MR) is 77.5 cm³/mol. The summed E-state index contributed by atoms with van der Waals surface area (Å²) in [5.41, 5.74) is 8.46. The zero-order valence-electron chi connectivity index (χ0n) is 11.3. The van der Waals surface area contributed by atoms with E-state index in [1.807, 2.05) is 0 Å². The van der Waals surface area contributed by atoms with Crippen molar-refractivity contribution in [2.75, 3.05) is 37.2 Å². The molecule has 0 atom stereocenters. The molecule has 1 aromatic heterocycles. The number of nitrogens with zero attached hydrogens (tertiary/aromatic N) is 1. The van der Waals surface area contributed by atoms with E-state index in [2.05, 4.69) is 29.0 Å². The number of aromatic nitrogens is 1. The number of anilines is 2. The van der Waals surface area contributed by atoms with Gasteiger partial charge in [0, 0.05) is 19.2 Å². The van der Waals surface area contributed by atoms with Gasteiger partial charge in [0.25, 0.3) is 0 Å². The Labute approximate surface area is 111 Å². The summed E-state index contributed by atoms with van der Waals surface area (Å²) in [6.07, 6.45) is 0. The Kier molecular flexibility index (Phi) is 4.11. The van der Waals surface area contributed by atoms with Crippen LogP contribution < -0.4 is 16.8 Å². The van der Waals surface area contributed by atoms with Gasteiger partial charge in [0.1, 0.15) is 0 Å². The Hall–Kier alpha value is -1.95. The number of nitrogen functional groups attached to an aromatic ring is 1. The van der Waals surface area contributed by atoms with Crippen molar-refractivity contribution in [1.82, 2.24) is 9.88 Å². The maximum Gasteiger partial charge on any atom is 0.417 e. The monoisotopic (exact) mass is 264 g/mol. The first-order chi connectivity index (χ1) is 9.13. The van der Waals surface area contributed by atoms with E-state index in [1.54, 1.807) is 12.1 Å². The third-order valence-electron chi connectivity index (χ3n) is 3.23. The summed E-state index contributed by atoms with van der Waals surface area (Å²) in [6.45, 7) is 8.09. The molecule has 2 aromatic rings. The molecule has 0 radical (unpaired) electrons. The molecule has 0 saturated carbocycles. The van der Waals surface area contributed by atoms with E-state index in [4.69, 9.17) is 10.2 Å². The van der Waals surface area contributed by atoms with E-state index in [1.165, 1.54) is 0 Å². The Morgan fingerprint density at radius 2 is 2.11 bits per heavy atom. The highest BCUT2D eigenvalue weighted by atomic mass is 16.4. The van der Waals surface area contributed by atoms with Crippen LogP contribution in [0.5, 0.6) is 0 Å². The molecule has 0 amide bonds. The molecule has 104 valence electrons. The number of likely N-dealkylation sites (N-methyl/N-ethyl adjacent to an activating group) is 1. The molecule has 2 rings (SSSR count). The van der Waals surface area contributed by atoms with Gasteiger partial charge in [0.2, 0.25) is 0 Å². The molecule has 0 saturated heterocycles. The zero-order chi connectivity index (χ0) is 13.8. The van der Waals surface area contributed by atoms with Crippen LogP contribution in [-0.2, 0) is 0 Å². The lowest BCUT2D eigenvalue weighted by Crippen LogP contribution is -2.28. The fraction of sp³-hybridized carbons (Fsp3) is 0.462. The van der Waals surface area contributed by atoms with Crippen molar-refractivity contribution in [2.24, 2.45) is 0 Å². The summed E-state index contributed by atoms with van der Waals surface area (Å²) in [7, 11) is 0. The van der Waals surface area contributed by atoms with Crippen LogP contribution in [0.15, 0.2) is 21.3 Å². The van der Waals surface area contributed by atoms with Crippen LogP contribution in [0, 0.1) is 0 Å². The first-order valence-corrected chi connectivity index (χ1v) is 6.52. The van der Waals surface area contributed by atoms with E-state index < -0.39 is 5.76 Å². The third-order valence-corrected chi connectivity index (χ3v) is 3.23. The van der Waals surface area contributed by atoms with Crippen LogP contribution in [0.1, 0.15) is 13.8 Å². The van der Waals surface area contributed by atoms with Crippen molar-refractivity contribution < 1.29 is 4.42 Å². The van der Waals surface area contributed by atoms with E-state index in [-0.39, 0.29) is 0 Å². The second kappa shape index (κ2) is 5.79. The van der Waals surface area contributed by atoms with Crippen LogP contribution in [0.25, 0.3) is 11.1 Å². The quantitative estimate of drug-likeness (QED) is 0.687. The number of benzene rings is 1. The Morgan fingerprint density at radius 1 is 1.37 bits per heavy atom. The molecular weight excluding hydrogens is 244 g/mol. The molecule has 19 heavy (non-hydrogen) atoms. The second-order valence-electron chi connectivity index (χ2n) is 4.40. The maximum absolute atomic E-state index is 11.1. The molecule has 6 heteroatoms. The summed E-state index contributed by atoms with van der Waals surface area (Å²) in [5, 5.41) is 3.28. The smallest absolute Gasteiger partial charge is 0.408 e. The van der Waals surface area contributed by atoms with Crippen LogP contribution in [0.4, 0.5) is 11.4 Å². The fourth-order valence-corrected chi connectivity index (χ4v) is 2.05. The van der Waals surface area contributed by atoms with Gasteiger partial charge in [-0.1, -0.05) is 13.8 Å². The predicted octanol–water partition coefficient (Wildman–Crippen LogP) is 1.46. The Morgan fingerprint density at radius 3 is 2.79 bits per heavy atom. The standard InChI is InChI=1S/C13H20N4O2/c1-3-17(4-2)6-5-15-10-8-11-12(7-9(10)14)19-13(18)16-11/h7-8,15H,3-6,14H2,1-2H3,(H,16,18). The summed E-state index contributed by atoms with van der Waals surface area (Å²) in [4.78, 5) is 16.0. The number of rotatable bonds is 6. The Bertz CT molecular complexity index is 598. The molecule has 1 heterocycles. The van der Waals surface area contributed by atoms with Gasteiger partial charge >= 0.3 is 5.76 Å². The van der Waals surface area contributed by atoms with Gasteiger partial charge in [-0.3, -0.25) is 4.98 Å². The normalized spacial score (nSPS) is 11.3. The molecule has 0 aliphatic rings. The molecule has 0 spiro atoms. The average molecular weight is 264 g/mol. The van der Waals surface area contributed by atoms with Gasteiger partial charge in [-0.2, -0.15) is 0 Å². The molecule has 0 unspecified atom stereocenters. The number of nitrogens with two attached hydrogens (primary N) is 1. The number of H-pyrrole nitrogens is 1. The minimum Gasteiger partial charge on any atom is -0.408 e. The Balaban J connectivity index is 2.07. The molecule has 0 aliphatic carbocycles. The SMILES string of the molecule is CCN(CC)CCNc1cc2[nH]c(=O)oc2cc1N. The van der Waals surface area contributed by atoms with Crippen LogP contribution >= 0.6 is 0 Å². The zero-order valence-corrected chi connectivity index (χ0v) is 11.3. The number of hydrogen-bond acceptors (Lipinski definition) is 5. The third kappa shape index (κ3) is 3.08. The topological polar surface area (TPSA) is 87.3 Å². The molecule has 1 aromatic carbocycles. The highest BCUT2D eigenvalue weighted by Crippen LogP contribution is 2.24. The minimum absolute atomic E-state index is 0.463. The van der Waals surface area contributed by atoms with Crippen molar-refractivity contribution in [3.05, 3.63) is 22.7 Å². The van der Waals surface area contributed by atoms with E-state index >= 15 is 0 Å². The molecule has 4 N–H and O–H groups in total. The van der Waals surface area contributed by atoms with Crippen molar-refractivity contribution in [3.8, 4) is 0 Å². The lowest BCUT2D eigenvalue weighted by atomic mass is 10.2. The second-order valence-corrected chi connectivity index (χ2v) is 4.40. The summed E-state index contributed by atoms with van der Waals surface area (Å²) >= 11 is 0. The molecule has 0 aliphatic heterocycles. The fourth-order valence-electron chi connectivity index (χ4n) is 2.05. The van der Waals surface area contributed by atoms with Gasteiger partial charge in [0.15, 0.2) is 5.58 Å². The van der Waals surface area contributed by atoms with Crippen molar-refractivity contribution in [1.29, 1.82) is 0 Å². The lowest BCUT2D eigenvalue weighted by molar-refractivity contribution is 0.316. The van der Waals surface area contributed by atoms with Crippen LogP contribution in [0.2, 0.25) is 0 Å². The van der Waals surface area contributed by atoms with Gasteiger partial charge in [-0.05, 0) is 19.2 Å². The first-order valence-electron chi connectivity index (χ1n) is 6.52. The summed E-state index contributed by atoms with van der Waals surface area (Å²) in [6, 6.07) is 3.46. The highest BCUT2D eigenvalue weighted by molar-refractivity contribution is 5.85. The van der Waals surface area contributed by atoms with Crippen LogP contribution in [-0.4, -0.2) is 36.1 Å². The van der Waals surface area contributed by atoms with E-state index in [0.717, 1.165) is 31.9 Å². The van der Waals surface area contributed by atoms with Crippen molar-refractivity contribution >= 4 is 22.5 Å². The number of fused-ring (bicyclic) bond motifs is 1. The number of oxazole rings is 1.